The number of nitrogens with zero attached hydrogens (tertiary/aromatic N) is 2. The maximum atomic E-state index is 14.3. The number of fused-ring (bicyclic) bond motifs is 2. The maximum Gasteiger partial charge on any atom is 0.244 e. The Labute approximate surface area is 227 Å². The van der Waals surface area contributed by atoms with Gasteiger partial charge >= 0.3 is 0 Å². The summed E-state index contributed by atoms with van der Waals surface area (Å²) in [5.74, 6) is -1.95. The van der Waals surface area contributed by atoms with Crippen LogP contribution in [0.5, 0.6) is 0 Å². The van der Waals surface area contributed by atoms with E-state index in [-0.39, 0.29) is 24.3 Å². The van der Waals surface area contributed by atoms with Gasteiger partial charge in [0.05, 0.1) is 18.4 Å². The Kier molecular flexibility index (Phi) is 6.33. The summed E-state index contributed by atoms with van der Waals surface area (Å²) in [5.41, 5.74) is 2.78. The molecule has 0 aliphatic carbocycles. The molecule has 3 saturated heterocycles. The Hall–Kier alpha value is -3.48. The predicted molar refractivity (Wildman–Crippen MR) is 145 cm³/mol. The van der Waals surface area contributed by atoms with Gasteiger partial charge in [0.1, 0.15) is 5.54 Å². The van der Waals surface area contributed by atoms with Crippen LogP contribution in [0, 0.1) is 18.8 Å². The fourth-order valence-electron chi connectivity index (χ4n) is 6.47. The first-order chi connectivity index (χ1) is 18.4. The quantitative estimate of drug-likeness (QED) is 0.490. The highest BCUT2D eigenvalue weighted by atomic mass is 35.5. The molecule has 38 heavy (non-hydrogen) atoms. The third-order valence-electron chi connectivity index (χ3n) is 8.32. The minimum absolute atomic E-state index is 0.106. The highest BCUT2D eigenvalue weighted by molar-refractivity contribution is 6.30. The molecule has 3 amide bonds. The van der Waals surface area contributed by atoms with Gasteiger partial charge in [-0.25, -0.2) is 0 Å². The lowest BCUT2D eigenvalue weighted by atomic mass is 9.74. The van der Waals surface area contributed by atoms with E-state index in [0.29, 0.717) is 24.5 Å². The molecule has 3 aliphatic rings. The predicted octanol–water partition coefficient (Wildman–Crippen LogP) is 4.66. The van der Waals surface area contributed by atoms with Gasteiger partial charge in [-0.15, -0.1) is 0 Å². The molecule has 0 aromatic heterocycles. The van der Waals surface area contributed by atoms with Crippen molar-refractivity contribution in [2.45, 2.75) is 44.4 Å². The molecule has 0 bridgehead atoms. The van der Waals surface area contributed by atoms with E-state index in [4.69, 9.17) is 11.6 Å². The molecule has 3 aromatic carbocycles. The molecule has 3 aromatic rings. The van der Waals surface area contributed by atoms with E-state index in [0.717, 1.165) is 28.7 Å². The fourth-order valence-corrected chi connectivity index (χ4v) is 6.60. The molecule has 3 heterocycles. The topological polar surface area (TPSA) is 69.7 Å². The first kappa shape index (κ1) is 24.8. The fraction of sp³-hybridized carbons (Fsp3) is 0.323. The molecule has 194 valence electrons. The van der Waals surface area contributed by atoms with Crippen molar-refractivity contribution >= 4 is 29.3 Å². The number of nitrogens with one attached hydrogen (secondary N) is 1. The van der Waals surface area contributed by atoms with Gasteiger partial charge < -0.3 is 4.90 Å². The lowest BCUT2D eigenvalue weighted by Crippen LogP contribution is -2.63. The normalized spacial score (nSPS) is 26.9. The van der Waals surface area contributed by atoms with Crippen molar-refractivity contribution in [1.29, 1.82) is 0 Å². The summed E-state index contributed by atoms with van der Waals surface area (Å²) in [6.07, 6.45) is 1.26. The zero-order valence-corrected chi connectivity index (χ0v) is 22.0. The summed E-state index contributed by atoms with van der Waals surface area (Å²) >= 11 is 6.06. The maximum absolute atomic E-state index is 14.3. The Balaban J connectivity index is 1.38. The van der Waals surface area contributed by atoms with Crippen molar-refractivity contribution in [3.63, 3.8) is 0 Å². The number of aryl methyl sites for hydroxylation is 1. The smallest absolute Gasteiger partial charge is 0.244 e. The van der Waals surface area contributed by atoms with Crippen molar-refractivity contribution in [1.82, 2.24) is 15.1 Å². The van der Waals surface area contributed by atoms with Crippen molar-refractivity contribution in [3.8, 4) is 0 Å². The largest absolute Gasteiger partial charge is 0.337 e. The molecule has 0 saturated carbocycles. The van der Waals surface area contributed by atoms with E-state index in [1.54, 1.807) is 0 Å². The first-order valence-electron chi connectivity index (χ1n) is 13.1. The van der Waals surface area contributed by atoms with E-state index >= 15 is 0 Å². The molecule has 0 radical (unpaired) electrons. The number of carbonyl (C=O) groups is 3. The Bertz CT molecular complexity index is 1380. The van der Waals surface area contributed by atoms with E-state index < -0.39 is 23.4 Å². The highest BCUT2D eigenvalue weighted by Gasteiger charge is 2.68. The standard InChI is InChI=1S/C31H30ClN3O3/c1-20-8-12-23(13-9-20)27-25-26(29(37)35(28(25)36)19-21-6-3-2-4-7-21)31(33-27)16-5-17-34(30(31)38)18-22-10-14-24(32)15-11-22/h2-4,6-15,25-27,33H,5,16-19H2,1H3/t25-,26-,27-,31-/m1/s1. The molecule has 1 spiro atoms. The van der Waals surface area contributed by atoms with Crippen LogP contribution in [0.25, 0.3) is 0 Å². The Morgan fingerprint density at radius 3 is 2.26 bits per heavy atom. The molecule has 4 atom stereocenters. The van der Waals surface area contributed by atoms with Gasteiger partial charge in [-0.3, -0.25) is 24.6 Å². The molecule has 7 heteroatoms. The van der Waals surface area contributed by atoms with Gasteiger partial charge in [0.25, 0.3) is 0 Å². The summed E-state index contributed by atoms with van der Waals surface area (Å²) in [4.78, 5) is 45.4. The average molecular weight is 528 g/mol. The summed E-state index contributed by atoms with van der Waals surface area (Å²) in [5, 5.41) is 4.23. The second kappa shape index (κ2) is 9.68. The van der Waals surface area contributed by atoms with Gasteiger partial charge in [0.2, 0.25) is 17.7 Å². The van der Waals surface area contributed by atoms with Crippen LogP contribution in [0.4, 0.5) is 0 Å². The van der Waals surface area contributed by atoms with Crippen LogP contribution in [0.1, 0.15) is 41.1 Å². The third-order valence-corrected chi connectivity index (χ3v) is 8.57. The number of rotatable bonds is 5. The summed E-state index contributed by atoms with van der Waals surface area (Å²) in [7, 11) is 0. The van der Waals surface area contributed by atoms with E-state index in [1.807, 2.05) is 90.7 Å². The zero-order valence-electron chi connectivity index (χ0n) is 21.3. The molecular formula is C31H30ClN3O3. The molecule has 6 rings (SSSR count). The highest BCUT2D eigenvalue weighted by Crippen LogP contribution is 2.52. The van der Waals surface area contributed by atoms with Gasteiger partial charge in [-0.1, -0.05) is 83.9 Å². The second-order valence-corrected chi connectivity index (χ2v) is 11.1. The van der Waals surface area contributed by atoms with Crippen molar-refractivity contribution in [2.75, 3.05) is 6.54 Å². The van der Waals surface area contributed by atoms with E-state index in [2.05, 4.69) is 5.32 Å². The monoisotopic (exact) mass is 527 g/mol. The summed E-state index contributed by atoms with van der Waals surface area (Å²) in [6, 6.07) is 24.6. The number of likely N-dealkylation sites (tertiary alicyclic amines) is 2. The number of hydrogen-bond donors (Lipinski definition) is 1. The molecule has 1 N–H and O–H groups in total. The van der Waals surface area contributed by atoms with Crippen molar-refractivity contribution < 1.29 is 14.4 Å². The number of imide groups is 1. The van der Waals surface area contributed by atoms with Gasteiger partial charge in [0.15, 0.2) is 0 Å². The number of carbonyl (C=O) groups excluding carboxylic acids is 3. The van der Waals surface area contributed by atoms with Crippen molar-refractivity contribution in [2.24, 2.45) is 11.8 Å². The van der Waals surface area contributed by atoms with Crippen LogP contribution in [0.3, 0.4) is 0 Å². The lowest BCUT2D eigenvalue weighted by Gasteiger charge is -2.42. The number of piperidine rings is 1. The average Bonchev–Trinajstić information content (AvgIpc) is 3.39. The summed E-state index contributed by atoms with van der Waals surface area (Å²) < 4.78 is 0. The van der Waals surface area contributed by atoms with Crippen LogP contribution in [0.2, 0.25) is 5.02 Å². The van der Waals surface area contributed by atoms with Crippen LogP contribution >= 0.6 is 11.6 Å². The van der Waals surface area contributed by atoms with Crippen LogP contribution in [-0.4, -0.2) is 39.6 Å². The number of benzene rings is 3. The van der Waals surface area contributed by atoms with Crippen LogP contribution < -0.4 is 5.32 Å². The minimum atomic E-state index is -1.12. The Morgan fingerprint density at radius 2 is 1.55 bits per heavy atom. The van der Waals surface area contributed by atoms with Gasteiger partial charge in [-0.05, 0) is 48.6 Å². The van der Waals surface area contributed by atoms with Crippen molar-refractivity contribution in [3.05, 3.63) is 106 Å². The first-order valence-corrected chi connectivity index (χ1v) is 13.5. The van der Waals surface area contributed by atoms with Gasteiger partial charge in [-0.2, -0.15) is 0 Å². The number of hydrogen-bond acceptors (Lipinski definition) is 4. The van der Waals surface area contributed by atoms with E-state index in [1.165, 1.54) is 4.90 Å². The molecule has 3 fully saturated rings. The molecular weight excluding hydrogens is 498 g/mol. The summed E-state index contributed by atoms with van der Waals surface area (Å²) in [6.45, 7) is 3.27. The van der Waals surface area contributed by atoms with Gasteiger partial charge in [0, 0.05) is 24.2 Å². The molecule has 0 unspecified atom stereocenters. The number of amides is 3. The number of halogens is 1. The molecule has 6 nitrogen and oxygen atoms in total. The van der Waals surface area contributed by atoms with Crippen LogP contribution in [0.15, 0.2) is 78.9 Å². The Morgan fingerprint density at radius 1 is 0.868 bits per heavy atom. The zero-order chi connectivity index (χ0) is 26.4. The second-order valence-electron chi connectivity index (χ2n) is 10.7. The minimum Gasteiger partial charge on any atom is -0.337 e. The van der Waals surface area contributed by atoms with E-state index in [9.17, 15) is 14.4 Å². The molecule has 3 aliphatic heterocycles. The SMILES string of the molecule is Cc1ccc([C@H]2N[C@]3(CCCN(Cc4ccc(Cl)cc4)C3=O)[C@H]3C(=O)N(Cc4ccccc4)C(=O)[C@@H]23)cc1. The third kappa shape index (κ3) is 4.12. The van der Waals surface area contributed by atoms with Crippen LogP contribution in [-0.2, 0) is 27.5 Å². The lowest BCUT2D eigenvalue weighted by molar-refractivity contribution is -0.150.